The molecule has 8 heteroatoms. The number of carbonyl (C=O) groups excluding carboxylic acids is 2. The zero-order valence-electron chi connectivity index (χ0n) is 16.4. The molecule has 0 aliphatic carbocycles. The topological polar surface area (TPSA) is 80.1 Å². The van der Waals surface area contributed by atoms with Crippen LogP contribution in [0.1, 0.15) is 24.0 Å². The molecule has 2 aromatic carbocycles. The summed E-state index contributed by atoms with van der Waals surface area (Å²) < 4.78 is 15.6. The van der Waals surface area contributed by atoms with Gasteiger partial charge in [0.1, 0.15) is 18.5 Å². The second kappa shape index (κ2) is 8.86. The molecule has 4 rings (SSSR count). The molecule has 1 aliphatic rings. The van der Waals surface area contributed by atoms with E-state index in [0.717, 1.165) is 11.3 Å². The molecule has 0 unspecified atom stereocenters. The van der Waals surface area contributed by atoms with Crippen molar-refractivity contribution in [2.24, 2.45) is 5.92 Å². The van der Waals surface area contributed by atoms with Crippen molar-refractivity contribution in [1.29, 1.82) is 0 Å². The van der Waals surface area contributed by atoms with Crippen LogP contribution in [0.15, 0.2) is 61.2 Å². The van der Waals surface area contributed by atoms with Gasteiger partial charge in [-0.05, 0) is 30.2 Å². The van der Waals surface area contributed by atoms with Crippen LogP contribution in [0, 0.1) is 11.7 Å². The van der Waals surface area contributed by atoms with Crippen LogP contribution in [-0.2, 0) is 22.7 Å². The fourth-order valence-corrected chi connectivity index (χ4v) is 3.56. The fraction of sp³-hybridized carbons (Fsp3) is 0.273. The Balaban J connectivity index is 1.33. The summed E-state index contributed by atoms with van der Waals surface area (Å²) in [7, 11) is 0. The van der Waals surface area contributed by atoms with Crippen LogP contribution in [0.5, 0.6) is 0 Å². The van der Waals surface area contributed by atoms with Crippen molar-refractivity contribution in [2.45, 2.75) is 25.9 Å². The maximum Gasteiger partial charge on any atom is 0.225 e. The number of nitrogens with zero attached hydrogens (tertiary/aromatic N) is 4. The summed E-state index contributed by atoms with van der Waals surface area (Å²) in [4.78, 5) is 30.4. The Bertz CT molecular complexity index is 1020. The first-order valence-corrected chi connectivity index (χ1v) is 9.83. The van der Waals surface area contributed by atoms with Gasteiger partial charge >= 0.3 is 0 Å². The molecule has 0 radical (unpaired) electrons. The number of piperidine rings is 1. The zero-order chi connectivity index (χ0) is 20.9. The molecular weight excluding hydrogens is 385 g/mol. The number of halogens is 1. The number of hydrogen-bond donors (Lipinski definition) is 1. The molecule has 1 fully saturated rings. The number of nitrogens with one attached hydrogen (secondary N) is 1. The minimum atomic E-state index is -0.341. The highest BCUT2D eigenvalue weighted by molar-refractivity contribution is 5.83. The third-order valence-electron chi connectivity index (χ3n) is 5.28. The largest absolute Gasteiger partial charge is 0.352 e. The third kappa shape index (κ3) is 4.53. The van der Waals surface area contributed by atoms with E-state index >= 15 is 0 Å². The number of benzene rings is 2. The SMILES string of the molecule is O=C(NCc1ccc(-n2cncn2)cc1)[C@@H]1CCC(=O)N(Cc2ccccc2F)C1. The van der Waals surface area contributed by atoms with Crippen molar-refractivity contribution in [1.82, 2.24) is 25.0 Å². The highest BCUT2D eigenvalue weighted by Crippen LogP contribution is 2.21. The van der Waals surface area contributed by atoms with Gasteiger partial charge < -0.3 is 10.2 Å². The Kier molecular flexibility index (Phi) is 5.83. The standard InChI is InChI=1S/C22H22FN5O2/c23-20-4-2-1-3-17(20)12-27-13-18(7-10-21(27)29)22(30)25-11-16-5-8-19(9-6-16)28-15-24-14-26-28/h1-6,8-9,14-15,18H,7,10-13H2,(H,25,30)/t18-/m1/s1. The second-order valence-electron chi connectivity index (χ2n) is 7.33. The van der Waals surface area contributed by atoms with Crippen LogP contribution in [0.3, 0.4) is 0 Å². The predicted molar refractivity (Wildman–Crippen MR) is 108 cm³/mol. The van der Waals surface area contributed by atoms with Crippen molar-refractivity contribution in [3.63, 3.8) is 0 Å². The molecule has 0 saturated carbocycles. The molecule has 30 heavy (non-hydrogen) atoms. The monoisotopic (exact) mass is 407 g/mol. The van der Waals surface area contributed by atoms with Crippen LogP contribution < -0.4 is 5.32 Å². The smallest absolute Gasteiger partial charge is 0.225 e. The van der Waals surface area contributed by atoms with E-state index in [-0.39, 0.29) is 30.1 Å². The van der Waals surface area contributed by atoms with Gasteiger partial charge in [-0.3, -0.25) is 9.59 Å². The summed E-state index contributed by atoms with van der Waals surface area (Å²) in [5.74, 6) is -0.789. The van der Waals surface area contributed by atoms with Crippen LogP contribution in [0.2, 0.25) is 0 Å². The minimum Gasteiger partial charge on any atom is -0.352 e. The lowest BCUT2D eigenvalue weighted by atomic mass is 9.96. The van der Waals surface area contributed by atoms with Gasteiger partial charge in [0, 0.05) is 31.6 Å². The Morgan fingerprint density at radius 2 is 1.97 bits per heavy atom. The molecule has 3 aromatic rings. The Hall–Kier alpha value is -3.55. The summed E-state index contributed by atoms with van der Waals surface area (Å²) in [5, 5.41) is 7.03. The van der Waals surface area contributed by atoms with Crippen molar-refractivity contribution >= 4 is 11.8 Å². The highest BCUT2D eigenvalue weighted by Gasteiger charge is 2.30. The molecule has 154 valence electrons. The maximum absolute atomic E-state index is 13.9. The van der Waals surface area contributed by atoms with Crippen molar-refractivity contribution in [3.8, 4) is 5.69 Å². The predicted octanol–water partition coefficient (Wildman–Crippen LogP) is 2.46. The highest BCUT2D eigenvalue weighted by atomic mass is 19.1. The van der Waals surface area contributed by atoms with E-state index in [1.165, 1.54) is 12.4 Å². The minimum absolute atomic E-state index is 0.0500. The van der Waals surface area contributed by atoms with E-state index in [4.69, 9.17) is 0 Å². The number of aromatic nitrogens is 3. The summed E-state index contributed by atoms with van der Waals surface area (Å²) in [6.45, 7) is 0.873. The third-order valence-corrected chi connectivity index (χ3v) is 5.28. The quantitative estimate of drug-likeness (QED) is 0.681. The van der Waals surface area contributed by atoms with Crippen molar-refractivity contribution < 1.29 is 14.0 Å². The molecule has 1 aromatic heterocycles. The van der Waals surface area contributed by atoms with E-state index < -0.39 is 0 Å². The second-order valence-corrected chi connectivity index (χ2v) is 7.33. The molecular formula is C22H22FN5O2. The number of rotatable bonds is 6. The van der Waals surface area contributed by atoms with Gasteiger partial charge in [-0.15, -0.1) is 0 Å². The van der Waals surface area contributed by atoms with Gasteiger partial charge in [-0.1, -0.05) is 30.3 Å². The number of hydrogen-bond acceptors (Lipinski definition) is 4. The van der Waals surface area contributed by atoms with Gasteiger partial charge in [-0.25, -0.2) is 14.1 Å². The maximum atomic E-state index is 13.9. The number of likely N-dealkylation sites (tertiary alicyclic amines) is 1. The normalized spacial score (nSPS) is 16.5. The van der Waals surface area contributed by atoms with Crippen LogP contribution in [0.4, 0.5) is 4.39 Å². The van der Waals surface area contributed by atoms with Crippen LogP contribution >= 0.6 is 0 Å². The molecule has 2 heterocycles. The summed E-state index contributed by atoms with van der Waals surface area (Å²) >= 11 is 0. The summed E-state index contributed by atoms with van der Waals surface area (Å²) in [6.07, 6.45) is 3.88. The van der Waals surface area contributed by atoms with Gasteiger partial charge in [0.25, 0.3) is 0 Å². The average molecular weight is 407 g/mol. The molecule has 7 nitrogen and oxygen atoms in total. The molecule has 0 spiro atoms. The molecule has 2 amide bonds. The number of carbonyl (C=O) groups is 2. The Morgan fingerprint density at radius 3 is 2.70 bits per heavy atom. The fourth-order valence-electron chi connectivity index (χ4n) is 3.56. The van der Waals surface area contributed by atoms with Crippen LogP contribution in [-0.4, -0.2) is 38.0 Å². The van der Waals surface area contributed by atoms with Crippen LogP contribution in [0.25, 0.3) is 5.69 Å². The molecule has 1 N–H and O–H groups in total. The number of amides is 2. The molecule has 1 atom stereocenters. The van der Waals surface area contributed by atoms with Crippen molar-refractivity contribution in [2.75, 3.05) is 6.54 Å². The zero-order valence-corrected chi connectivity index (χ0v) is 16.4. The Labute approximate surface area is 173 Å². The Morgan fingerprint density at radius 1 is 1.17 bits per heavy atom. The van der Waals surface area contributed by atoms with E-state index in [2.05, 4.69) is 15.4 Å². The molecule has 0 bridgehead atoms. The first-order valence-electron chi connectivity index (χ1n) is 9.83. The lowest BCUT2D eigenvalue weighted by Gasteiger charge is -2.32. The summed E-state index contributed by atoms with van der Waals surface area (Å²) in [6, 6.07) is 14.1. The lowest BCUT2D eigenvalue weighted by molar-refractivity contribution is -0.139. The van der Waals surface area contributed by atoms with E-state index in [1.807, 2.05) is 24.3 Å². The molecule has 1 saturated heterocycles. The van der Waals surface area contributed by atoms with E-state index in [9.17, 15) is 14.0 Å². The summed E-state index contributed by atoms with van der Waals surface area (Å²) in [5.41, 5.74) is 2.30. The van der Waals surface area contributed by atoms with E-state index in [1.54, 1.807) is 34.1 Å². The van der Waals surface area contributed by atoms with E-state index in [0.29, 0.717) is 31.5 Å². The average Bonchev–Trinajstić information content (AvgIpc) is 3.30. The first kappa shape index (κ1) is 19.8. The first-order chi connectivity index (χ1) is 14.6. The van der Waals surface area contributed by atoms with Gasteiger partial charge in [0.05, 0.1) is 11.6 Å². The van der Waals surface area contributed by atoms with Gasteiger partial charge in [0.2, 0.25) is 11.8 Å². The lowest BCUT2D eigenvalue weighted by Crippen LogP contribution is -2.45. The van der Waals surface area contributed by atoms with Gasteiger partial charge in [0.15, 0.2) is 0 Å². The van der Waals surface area contributed by atoms with Gasteiger partial charge in [-0.2, -0.15) is 5.10 Å². The van der Waals surface area contributed by atoms with Crippen molar-refractivity contribution in [3.05, 3.63) is 78.1 Å². The molecule has 1 aliphatic heterocycles.